The topological polar surface area (TPSA) is 171 Å². The molecule has 0 bridgehead atoms. The molecule has 5 atom stereocenters. The van der Waals surface area contributed by atoms with Crippen LogP contribution in [0.2, 0.25) is 0 Å². The van der Waals surface area contributed by atoms with Gasteiger partial charge in [0.15, 0.2) is 0 Å². The number of carboxylic acids is 1. The molecular weight excluding hydrogens is 368 g/mol. The van der Waals surface area contributed by atoms with Crippen LogP contribution in [-0.2, 0) is 19.2 Å². The van der Waals surface area contributed by atoms with Crippen molar-refractivity contribution in [3.8, 4) is 0 Å². The Bertz CT molecular complexity index is 564. The molecule has 0 aliphatic heterocycles. The third-order valence-corrected chi connectivity index (χ3v) is 4.11. The van der Waals surface area contributed by atoms with Gasteiger partial charge in [-0.2, -0.15) is 0 Å². The van der Waals surface area contributed by atoms with Crippen molar-refractivity contribution in [2.75, 3.05) is 0 Å². The third kappa shape index (κ3) is 8.66. The molecule has 0 saturated heterocycles. The summed E-state index contributed by atoms with van der Waals surface area (Å²) < 4.78 is 0. The largest absolute Gasteiger partial charge is 0.480 e. The monoisotopic (exact) mass is 402 g/mol. The molecule has 0 saturated carbocycles. The van der Waals surface area contributed by atoms with Gasteiger partial charge >= 0.3 is 5.97 Å². The second kappa shape index (κ2) is 11.6. The molecule has 0 heterocycles. The highest BCUT2D eigenvalue weighted by Crippen LogP contribution is 2.05. The standard InChI is InChI=1S/C18H34N4O6/c1-8(2)7-12(19)16(25)20-10(5)15(24)22-14(11(6)23)17(26)21-13(9(3)4)18(27)28/h8-14,23H,7,19H2,1-6H3,(H,20,25)(H,21,26)(H,22,24)(H,27,28). The van der Waals surface area contributed by atoms with Gasteiger partial charge in [0.1, 0.15) is 18.1 Å². The van der Waals surface area contributed by atoms with Crippen molar-refractivity contribution in [1.29, 1.82) is 0 Å². The van der Waals surface area contributed by atoms with Gasteiger partial charge < -0.3 is 31.9 Å². The summed E-state index contributed by atoms with van der Waals surface area (Å²) in [5.74, 6) is -3.45. The van der Waals surface area contributed by atoms with Gasteiger partial charge in [0.25, 0.3) is 0 Å². The zero-order chi connectivity index (χ0) is 22.2. The molecule has 0 fully saturated rings. The summed E-state index contributed by atoms with van der Waals surface area (Å²) >= 11 is 0. The summed E-state index contributed by atoms with van der Waals surface area (Å²) in [5.41, 5.74) is 5.77. The smallest absolute Gasteiger partial charge is 0.326 e. The van der Waals surface area contributed by atoms with E-state index >= 15 is 0 Å². The highest BCUT2D eigenvalue weighted by Gasteiger charge is 2.32. The lowest BCUT2D eigenvalue weighted by molar-refractivity contribution is -0.144. The molecule has 0 spiro atoms. The number of carbonyl (C=O) groups is 4. The van der Waals surface area contributed by atoms with Crippen molar-refractivity contribution < 1.29 is 29.4 Å². The van der Waals surface area contributed by atoms with Crippen LogP contribution in [-0.4, -0.2) is 64.2 Å². The van der Waals surface area contributed by atoms with Crippen molar-refractivity contribution in [3.05, 3.63) is 0 Å². The Morgan fingerprint density at radius 3 is 1.71 bits per heavy atom. The summed E-state index contributed by atoms with van der Waals surface area (Å²) in [5, 5.41) is 26.1. The van der Waals surface area contributed by atoms with Crippen LogP contribution in [0.1, 0.15) is 48.0 Å². The molecule has 0 aliphatic rings. The molecule has 0 aromatic heterocycles. The van der Waals surface area contributed by atoms with Gasteiger partial charge in [-0.3, -0.25) is 14.4 Å². The van der Waals surface area contributed by atoms with Crippen LogP contribution in [0.15, 0.2) is 0 Å². The van der Waals surface area contributed by atoms with Gasteiger partial charge in [0, 0.05) is 0 Å². The van der Waals surface area contributed by atoms with E-state index < -0.39 is 59.9 Å². The van der Waals surface area contributed by atoms with Gasteiger partial charge in [-0.25, -0.2) is 4.79 Å². The summed E-state index contributed by atoms with van der Waals surface area (Å²) in [6, 6.07) is -4.32. The number of carbonyl (C=O) groups excluding carboxylic acids is 3. The number of aliphatic hydroxyl groups is 1. The molecule has 5 unspecified atom stereocenters. The summed E-state index contributed by atoms with van der Waals surface area (Å²) in [6.45, 7) is 9.77. The molecule has 0 aromatic carbocycles. The minimum Gasteiger partial charge on any atom is -0.480 e. The molecule has 0 aliphatic carbocycles. The van der Waals surface area contributed by atoms with Crippen LogP contribution in [0.4, 0.5) is 0 Å². The fourth-order valence-electron chi connectivity index (χ4n) is 2.44. The number of rotatable bonds is 11. The highest BCUT2D eigenvalue weighted by molar-refractivity contribution is 5.94. The number of aliphatic hydroxyl groups excluding tert-OH is 1. The lowest BCUT2D eigenvalue weighted by Gasteiger charge is -2.26. The fourth-order valence-corrected chi connectivity index (χ4v) is 2.44. The average molecular weight is 402 g/mol. The van der Waals surface area contributed by atoms with Crippen LogP contribution < -0.4 is 21.7 Å². The Kier molecular flexibility index (Phi) is 10.7. The van der Waals surface area contributed by atoms with Gasteiger partial charge in [0.05, 0.1) is 12.1 Å². The molecule has 0 radical (unpaired) electrons. The van der Waals surface area contributed by atoms with E-state index in [1.165, 1.54) is 13.8 Å². The van der Waals surface area contributed by atoms with E-state index in [-0.39, 0.29) is 5.92 Å². The van der Waals surface area contributed by atoms with Crippen molar-refractivity contribution in [1.82, 2.24) is 16.0 Å². The Balaban J connectivity index is 4.99. The van der Waals surface area contributed by atoms with E-state index in [9.17, 15) is 29.4 Å². The number of nitrogens with one attached hydrogen (secondary N) is 3. The molecule has 10 nitrogen and oxygen atoms in total. The maximum atomic E-state index is 12.4. The zero-order valence-corrected chi connectivity index (χ0v) is 17.4. The minimum atomic E-state index is -1.38. The first-order valence-electron chi connectivity index (χ1n) is 9.35. The number of aliphatic carboxylic acids is 1. The van der Waals surface area contributed by atoms with Crippen LogP contribution in [0.3, 0.4) is 0 Å². The van der Waals surface area contributed by atoms with Crippen LogP contribution in [0, 0.1) is 11.8 Å². The van der Waals surface area contributed by atoms with E-state index in [0.29, 0.717) is 6.42 Å². The maximum Gasteiger partial charge on any atom is 0.326 e. The summed E-state index contributed by atoms with van der Waals surface area (Å²) in [4.78, 5) is 47.9. The Morgan fingerprint density at radius 1 is 0.821 bits per heavy atom. The second-order valence-corrected chi connectivity index (χ2v) is 7.76. The van der Waals surface area contributed by atoms with E-state index in [0.717, 1.165) is 0 Å². The molecule has 0 rings (SSSR count). The normalized spacial score (nSPS) is 16.6. The van der Waals surface area contributed by atoms with E-state index in [1.54, 1.807) is 13.8 Å². The predicted molar refractivity (Wildman–Crippen MR) is 103 cm³/mol. The van der Waals surface area contributed by atoms with Gasteiger partial charge in [-0.1, -0.05) is 27.7 Å². The summed E-state index contributed by atoms with van der Waals surface area (Å²) in [7, 11) is 0. The fraction of sp³-hybridized carbons (Fsp3) is 0.778. The molecule has 3 amide bonds. The van der Waals surface area contributed by atoms with E-state index in [4.69, 9.17) is 5.73 Å². The van der Waals surface area contributed by atoms with Gasteiger partial charge in [-0.15, -0.1) is 0 Å². The Labute approximate surface area is 165 Å². The van der Waals surface area contributed by atoms with Crippen LogP contribution in [0.5, 0.6) is 0 Å². The third-order valence-electron chi connectivity index (χ3n) is 4.11. The lowest BCUT2D eigenvalue weighted by Crippen LogP contribution is -2.59. The molecule has 10 heteroatoms. The van der Waals surface area contributed by atoms with E-state index in [1.807, 2.05) is 13.8 Å². The molecule has 28 heavy (non-hydrogen) atoms. The number of carboxylic acid groups (broad SMARTS) is 1. The first-order valence-corrected chi connectivity index (χ1v) is 9.35. The number of hydrogen-bond acceptors (Lipinski definition) is 6. The van der Waals surface area contributed by atoms with Crippen molar-refractivity contribution >= 4 is 23.7 Å². The molecule has 162 valence electrons. The first kappa shape index (κ1) is 25.8. The second-order valence-electron chi connectivity index (χ2n) is 7.76. The van der Waals surface area contributed by atoms with E-state index in [2.05, 4.69) is 16.0 Å². The zero-order valence-electron chi connectivity index (χ0n) is 17.4. The predicted octanol–water partition coefficient (Wildman–Crippen LogP) is -1.04. The highest BCUT2D eigenvalue weighted by atomic mass is 16.4. The van der Waals surface area contributed by atoms with Gasteiger partial charge in [0.2, 0.25) is 17.7 Å². The van der Waals surface area contributed by atoms with Crippen LogP contribution >= 0.6 is 0 Å². The molecule has 7 N–H and O–H groups in total. The molecular formula is C18H34N4O6. The SMILES string of the molecule is CC(C)CC(N)C(=O)NC(C)C(=O)NC(C(=O)NC(C(=O)O)C(C)C)C(C)O. The Hall–Kier alpha value is -2.20. The number of amides is 3. The molecule has 0 aromatic rings. The van der Waals surface area contributed by atoms with Crippen molar-refractivity contribution in [2.24, 2.45) is 17.6 Å². The van der Waals surface area contributed by atoms with Crippen molar-refractivity contribution in [3.63, 3.8) is 0 Å². The maximum absolute atomic E-state index is 12.4. The lowest BCUT2D eigenvalue weighted by atomic mass is 10.0. The Morgan fingerprint density at radius 2 is 1.32 bits per heavy atom. The quantitative estimate of drug-likeness (QED) is 0.256. The average Bonchev–Trinajstić information content (AvgIpc) is 2.55. The number of hydrogen-bond donors (Lipinski definition) is 6. The minimum absolute atomic E-state index is 0.205. The van der Waals surface area contributed by atoms with Crippen LogP contribution in [0.25, 0.3) is 0 Å². The number of nitrogens with two attached hydrogens (primary N) is 1. The first-order chi connectivity index (χ1) is 12.8. The van der Waals surface area contributed by atoms with Crippen molar-refractivity contribution in [2.45, 2.75) is 78.2 Å². The van der Waals surface area contributed by atoms with Gasteiger partial charge in [-0.05, 0) is 32.1 Å². The summed E-state index contributed by atoms with van der Waals surface area (Å²) in [6.07, 6.45) is -0.832.